The molecule has 0 bridgehead atoms. The van der Waals surface area contributed by atoms with E-state index in [9.17, 15) is 9.90 Å². The summed E-state index contributed by atoms with van der Waals surface area (Å²) in [6.07, 6.45) is 0. The molecule has 1 fully saturated rings. The number of hydrogen-bond acceptors (Lipinski definition) is 4. The molecule has 2 heterocycles. The van der Waals surface area contributed by atoms with E-state index in [0.29, 0.717) is 23.7 Å². The Labute approximate surface area is 98.7 Å². The Morgan fingerprint density at radius 2 is 2.25 bits per heavy atom. The normalized spacial score (nSPS) is 18.6. The van der Waals surface area contributed by atoms with Gasteiger partial charge in [-0.2, -0.15) is 0 Å². The van der Waals surface area contributed by atoms with Crippen molar-refractivity contribution in [1.82, 2.24) is 4.90 Å². The van der Waals surface area contributed by atoms with Crippen LogP contribution in [0.5, 0.6) is 0 Å². The van der Waals surface area contributed by atoms with E-state index in [1.165, 1.54) is 11.3 Å². The van der Waals surface area contributed by atoms with E-state index < -0.39 is 5.60 Å². The van der Waals surface area contributed by atoms with Crippen molar-refractivity contribution in [3.63, 3.8) is 0 Å². The molecule has 3 N–H and O–H groups in total. The third-order valence-corrected chi connectivity index (χ3v) is 4.10. The number of aliphatic hydroxyl groups is 1. The Bertz CT molecular complexity index is 408. The molecule has 1 aliphatic heterocycles. The highest BCUT2D eigenvalue weighted by Crippen LogP contribution is 2.31. The van der Waals surface area contributed by atoms with Crippen molar-refractivity contribution in [2.75, 3.05) is 18.8 Å². The molecule has 0 saturated carbocycles. The van der Waals surface area contributed by atoms with E-state index in [1.54, 1.807) is 16.3 Å². The van der Waals surface area contributed by atoms with Crippen LogP contribution in [0, 0.1) is 5.92 Å². The van der Waals surface area contributed by atoms with E-state index in [2.05, 4.69) is 0 Å². The third-order valence-electron chi connectivity index (χ3n) is 3.18. The molecule has 1 saturated heterocycles. The zero-order chi connectivity index (χ0) is 11.9. The standard InChI is InChI=1S/C11H16N2O2S/c1-7(2)11(15)5-13(6-11)10(14)9-8(12)3-4-16-9/h3-4,7,15H,5-6,12H2,1-2H3. The fourth-order valence-corrected chi connectivity index (χ4v) is 2.54. The minimum atomic E-state index is -0.721. The topological polar surface area (TPSA) is 66.6 Å². The molecule has 1 amide bonds. The maximum Gasteiger partial charge on any atom is 0.266 e. The van der Waals surface area contributed by atoms with E-state index in [-0.39, 0.29) is 11.8 Å². The van der Waals surface area contributed by atoms with Gasteiger partial charge in [0, 0.05) is 0 Å². The van der Waals surface area contributed by atoms with Gasteiger partial charge in [-0.25, -0.2) is 0 Å². The quantitative estimate of drug-likeness (QED) is 0.815. The highest BCUT2D eigenvalue weighted by atomic mass is 32.1. The molecule has 88 valence electrons. The minimum absolute atomic E-state index is 0.0715. The molecule has 1 aromatic rings. The maximum atomic E-state index is 12.0. The molecule has 0 unspecified atom stereocenters. The summed E-state index contributed by atoms with van der Waals surface area (Å²) in [6.45, 7) is 4.73. The van der Waals surface area contributed by atoms with Crippen LogP contribution in [-0.2, 0) is 0 Å². The van der Waals surface area contributed by atoms with Gasteiger partial charge < -0.3 is 15.7 Å². The summed E-state index contributed by atoms with van der Waals surface area (Å²) >= 11 is 1.35. The number of nitrogens with zero attached hydrogens (tertiary/aromatic N) is 1. The first kappa shape index (κ1) is 11.4. The van der Waals surface area contributed by atoms with Crippen molar-refractivity contribution in [1.29, 1.82) is 0 Å². The van der Waals surface area contributed by atoms with Crippen LogP contribution in [0.2, 0.25) is 0 Å². The number of nitrogen functional groups attached to an aromatic ring is 1. The summed E-state index contributed by atoms with van der Waals surface area (Å²) in [5.41, 5.74) is 5.49. The summed E-state index contributed by atoms with van der Waals surface area (Å²) in [6, 6.07) is 1.73. The van der Waals surface area contributed by atoms with Crippen LogP contribution in [0.4, 0.5) is 5.69 Å². The van der Waals surface area contributed by atoms with Crippen LogP contribution in [-0.4, -0.2) is 34.6 Å². The monoisotopic (exact) mass is 240 g/mol. The second-order valence-electron chi connectivity index (χ2n) is 4.62. The summed E-state index contributed by atoms with van der Waals surface area (Å²) in [5.74, 6) is 0.0926. The van der Waals surface area contributed by atoms with Gasteiger partial charge in [0.05, 0.1) is 18.8 Å². The fourth-order valence-electron chi connectivity index (χ4n) is 1.76. The van der Waals surface area contributed by atoms with Crippen molar-refractivity contribution < 1.29 is 9.90 Å². The SMILES string of the molecule is CC(C)C1(O)CN(C(=O)c2sccc2N)C1. The number of anilines is 1. The first-order chi connectivity index (χ1) is 7.44. The molecule has 0 aliphatic carbocycles. The van der Waals surface area contributed by atoms with Gasteiger partial charge in [0.15, 0.2) is 0 Å². The molecule has 1 aliphatic rings. The molecule has 4 nitrogen and oxygen atoms in total. The number of hydrogen-bond donors (Lipinski definition) is 2. The summed E-state index contributed by atoms with van der Waals surface area (Å²) in [7, 11) is 0. The second-order valence-corrected chi connectivity index (χ2v) is 5.54. The molecule has 5 heteroatoms. The number of β-amino-alcohol motifs (C(OH)–C–C–N with tert-alkyl or cyclic N) is 1. The van der Waals surface area contributed by atoms with E-state index in [4.69, 9.17) is 5.73 Å². The first-order valence-corrected chi connectivity index (χ1v) is 6.16. The first-order valence-electron chi connectivity index (χ1n) is 5.28. The number of carbonyl (C=O) groups excluding carboxylic acids is 1. The summed E-state index contributed by atoms with van der Waals surface area (Å²) < 4.78 is 0. The lowest BCUT2D eigenvalue weighted by atomic mass is 9.83. The minimum Gasteiger partial charge on any atom is -0.397 e. The van der Waals surface area contributed by atoms with Crippen LogP contribution in [0.3, 0.4) is 0 Å². The Kier molecular flexibility index (Phi) is 2.67. The summed E-state index contributed by atoms with van der Waals surface area (Å²) in [4.78, 5) is 14.2. The average Bonchev–Trinajstić information content (AvgIpc) is 2.58. The lowest BCUT2D eigenvalue weighted by Gasteiger charge is -2.48. The van der Waals surface area contributed by atoms with Gasteiger partial charge in [-0.1, -0.05) is 13.8 Å². The number of rotatable bonds is 2. The number of thiophene rings is 1. The number of nitrogens with two attached hydrogens (primary N) is 1. The predicted molar refractivity (Wildman–Crippen MR) is 64.4 cm³/mol. The molecule has 0 spiro atoms. The molecule has 0 atom stereocenters. The zero-order valence-corrected chi connectivity index (χ0v) is 10.3. The predicted octanol–water partition coefficient (Wildman–Crippen LogP) is 1.17. The molecule has 0 radical (unpaired) electrons. The van der Waals surface area contributed by atoms with Crippen molar-refractivity contribution in [3.8, 4) is 0 Å². The lowest BCUT2D eigenvalue weighted by molar-refractivity contribution is -0.110. The molecular formula is C11H16N2O2S. The number of amides is 1. The van der Waals surface area contributed by atoms with Gasteiger partial charge >= 0.3 is 0 Å². The van der Waals surface area contributed by atoms with Crippen LogP contribution >= 0.6 is 11.3 Å². The van der Waals surface area contributed by atoms with Gasteiger partial charge in [-0.05, 0) is 17.4 Å². The molecule has 2 rings (SSSR count). The van der Waals surface area contributed by atoms with Crippen molar-refractivity contribution in [2.45, 2.75) is 19.4 Å². The fraction of sp³-hybridized carbons (Fsp3) is 0.545. The highest BCUT2D eigenvalue weighted by Gasteiger charge is 2.46. The largest absolute Gasteiger partial charge is 0.397 e. The Morgan fingerprint density at radius 1 is 1.62 bits per heavy atom. The molecular weight excluding hydrogens is 224 g/mol. The smallest absolute Gasteiger partial charge is 0.266 e. The van der Waals surface area contributed by atoms with Gasteiger partial charge in [0.1, 0.15) is 10.5 Å². The van der Waals surface area contributed by atoms with Crippen LogP contribution in [0.25, 0.3) is 0 Å². The van der Waals surface area contributed by atoms with Crippen molar-refractivity contribution in [2.24, 2.45) is 5.92 Å². The average molecular weight is 240 g/mol. The van der Waals surface area contributed by atoms with Crippen LogP contribution in [0.15, 0.2) is 11.4 Å². The lowest BCUT2D eigenvalue weighted by Crippen LogP contribution is -2.65. The second kappa shape index (κ2) is 3.75. The molecule has 16 heavy (non-hydrogen) atoms. The Hall–Kier alpha value is -1.07. The highest BCUT2D eigenvalue weighted by molar-refractivity contribution is 7.12. The number of likely N-dealkylation sites (tertiary alicyclic amines) is 1. The number of carbonyl (C=O) groups is 1. The van der Waals surface area contributed by atoms with Crippen molar-refractivity contribution >= 4 is 22.9 Å². The molecule has 1 aromatic heterocycles. The maximum absolute atomic E-state index is 12.0. The van der Waals surface area contributed by atoms with Gasteiger partial charge in [-0.3, -0.25) is 4.79 Å². The van der Waals surface area contributed by atoms with Gasteiger partial charge in [-0.15, -0.1) is 11.3 Å². The van der Waals surface area contributed by atoms with Crippen molar-refractivity contribution in [3.05, 3.63) is 16.3 Å². The molecule has 0 aromatic carbocycles. The zero-order valence-electron chi connectivity index (χ0n) is 9.43. The summed E-state index contributed by atoms with van der Waals surface area (Å²) in [5, 5.41) is 11.9. The van der Waals surface area contributed by atoms with E-state index >= 15 is 0 Å². The van der Waals surface area contributed by atoms with E-state index in [1.807, 2.05) is 13.8 Å². The van der Waals surface area contributed by atoms with Crippen LogP contribution < -0.4 is 5.73 Å². The Morgan fingerprint density at radius 3 is 2.69 bits per heavy atom. The van der Waals surface area contributed by atoms with Gasteiger partial charge in [0.2, 0.25) is 0 Å². The third kappa shape index (κ3) is 1.70. The van der Waals surface area contributed by atoms with E-state index in [0.717, 1.165) is 0 Å². The van der Waals surface area contributed by atoms with Crippen LogP contribution in [0.1, 0.15) is 23.5 Å². The Balaban J connectivity index is 2.04. The van der Waals surface area contributed by atoms with Gasteiger partial charge in [0.25, 0.3) is 5.91 Å².